The van der Waals surface area contributed by atoms with Crippen molar-refractivity contribution in [3.05, 3.63) is 79.0 Å². The normalized spacial score (nSPS) is 10.5. The van der Waals surface area contributed by atoms with Crippen LogP contribution in [0.25, 0.3) is 10.9 Å². The van der Waals surface area contributed by atoms with Gasteiger partial charge in [-0.2, -0.15) is 0 Å². The van der Waals surface area contributed by atoms with E-state index >= 15 is 0 Å². The van der Waals surface area contributed by atoms with Gasteiger partial charge in [-0.3, -0.25) is 4.98 Å². The van der Waals surface area contributed by atoms with Crippen LogP contribution in [0.2, 0.25) is 0 Å². The van der Waals surface area contributed by atoms with Gasteiger partial charge in [0.1, 0.15) is 11.5 Å². The summed E-state index contributed by atoms with van der Waals surface area (Å²) >= 11 is 0. The van der Waals surface area contributed by atoms with E-state index in [1.807, 2.05) is 66.7 Å². The molecule has 3 aromatic carbocycles. The zero-order valence-corrected chi connectivity index (χ0v) is 15.8. The Morgan fingerprint density at radius 1 is 0.679 bits per heavy atom. The Morgan fingerprint density at radius 2 is 1.32 bits per heavy atom. The third-order valence-electron chi connectivity index (χ3n) is 4.45. The van der Waals surface area contributed by atoms with Crippen molar-refractivity contribution in [1.29, 1.82) is 0 Å². The van der Waals surface area contributed by atoms with E-state index in [0.717, 1.165) is 45.2 Å². The van der Waals surface area contributed by atoms with E-state index in [0.29, 0.717) is 0 Å². The number of methoxy groups -OCH3 is 2. The summed E-state index contributed by atoms with van der Waals surface area (Å²) in [6.07, 6.45) is 1.81. The molecule has 4 aromatic rings. The lowest BCUT2D eigenvalue weighted by atomic mass is 10.1. The number of fused-ring (bicyclic) bond motifs is 1. The van der Waals surface area contributed by atoms with Crippen molar-refractivity contribution < 1.29 is 9.47 Å². The molecule has 28 heavy (non-hydrogen) atoms. The number of rotatable bonds is 6. The average molecular weight is 371 g/mol. The second kappa shape index (κ2) is 7.88. The second-order valence-corrected chi connectivity index (χ2v) is 6.30. The molecule has 0 saturated heterocycles. The van der Waals surface area contributed by atoms with Crippen molar-refractivity contribution >= 4 is 33.7 Å². The Hall–Kier alpha value is -3.73. The minimum atomic E-state index is 0.813. The molecule has 0 aliphatic heterocycles. The van der Waals surface area contributed by atoms with E-state index in [4.69, 9.17) is 9.47 Å². The molecule has 0 fully saturated rings. The summed E-state index contributed by atoms with van der Waals surface area (Å²) in [4.78, 5) is 4.52. The first kappa shape index (κ1) is 17.7. The number of pyridine rings is 1. The Balaban J connectivity index is 1.62. The third kappa shape index (κ3) is 3.83. The largest absolute Gasteiger partial charge is 0.497 e. The SMILES string of the molecule is COc1cccc(Nc2ccc3c(Nc4cccc(OC)c4)ccnc3c2)c1. The van der Waals surface area contributed by atoms with E-state index in [2.05, 4.69) is 21.7 Å². The first-order valence-corrected chi connectivity index (χ1v) is 8.96. The topological polar surface area (TPSA) is 55.4 Å². The van der Waals surface area contributed by atoms with Crippen LogP contribution in [0, 0.1) is 0 Å². The van der Waals surface area contributed by atoms with Gasteiger partial charge in [0.25, 0.3) is 0 Å². The van der Waals surface area contributed by atoms with Crippen LogP contribution in [0.4, 0.5) is 22.7 Å². The maximum absolute atomic E-state index is 5.30. The van der Waals surface area contributed by atoms with Crippen LogP contribution >= 0.6 is 0 Å². The van der Waals surface area contributed by atoms with Crippen LogP contribution in [0.5, 0.6) is 11.5 Å². The summed E-state index contributed by atoms with van der Waals surface area (Å²) in [7, 11) is 3.33. The van der Waals surface area contributed by atoms with Crippen LogP contribution in [0.15, 0.2) is 79.0 Å². The molecule has 0 bridgehead atoms. The molecule has 0 amide bonds. The van der Waals surface area contributed by atoms with Crippen molar-refractivity contribution in [3.63, 3.8) is 0 Å². The molecular formula is C23H21N3O2. The van der Waals surface area contributed by atoms with Gasteiger partial charge in [0, 0.05) is 46.5 Å². The molecule has 1 heterocycles. The zero-order chi connectivity index (χ0) is 19.3. The molecule has 0 aliphatic rings. The lowest BCUT2D eigenvalue weighted by molar-refractivity contribution is 0.415. The number of benzene rings is 3. The molecule has 5 nitrogen and oxygen atoms in total. The van der Waals surface area contributed by atoms with Crippen LogP contribution in [0.1, 0.15) is 0 Å². The zero-order valence-electron chi connectivity index (χ0n) is 15.8. The lowest BCUT2D eigenvalue weighted by Crippen LogP contribution is -1.95. The van der Waals surface area contributed by atoms with E-state index in [-0.39, 0.29) is 0 Å². The predicted octanol–water partition coefficient (Wildman–Crippen LogP) is 5.74. The summed E-state index contributed by atoms with van der Waals surface area (Å²) in [6, 6.07) is 23.8. The highest BCUT2D eigenvalue weighted by molar-refractivity contribution is 5.94. The van der Waals surface area contributed by atoms with Gasteiger partial charge in [0.05, 0.1) is 19.7 Å². The lowest BCUT2D eigenvalue weighted by Gasteiger charge is -2.12. The molecule has 4 rings (SSSR count). The fourth-order valence-corrected chi connectivity index (χ4v) is 3.06. The standard InChI is InChI=1S/C23H21N3O2/c1-27-19-7-3-5-16(13-19)25-18-9-10-21-22(11-12-24-23(21)15-18)26-17-6-4-8-20(14-17)28-2/h3-15,25H,1-2H3,(H,24,26). The molecule has 5 heteroatoms. The van der Waals surface area contributed by atoms with Gasteiger partial charge in [0.2, 0.25) is 0 Å². The first-order valence-electron chi connectivity index (χ1n) is 8.96. The molecule has 0 unspecified atom stereocenters. The quantitative estimate of drug-likeness (QED) is 0.453. The molecule has 0 spiro atoms. The smallest absolute Gasteiger partial charge is 0.120 e. The Bertz CT molecular complexity index is 1110. The number of anilines is 4. The Morgan fingerprint density at radius 3 is 2.00 bits per heavy atom. The minimum Gasteiger partial charge on any atom is -0.497 e. The highest BCUT2D eigenvalue weighted by atomic mass is 16.5. The third-order valence-corrected chi connectivity index (χ3v) is 4.45. The van der Waals surface area contributed by atoms with Gasteiger partial charge in [-0.25, -0.2) is 0 Å². The molecule has 0 aliphatic carbocycles. The van der Waals surface area contributed by atoms with E-state index in [1.54, 1.807) is 20.4 Å². The fourth-order valence-electron chi connectivity index (χ4n) is 3.06. The number of aromatic nitrogens is 1. The van der Waals surface area contributed by atoms with Crippen molar-refractivity contribution in [2.45, 2.75) is 0 Å². The van der Waals surface area contributed by atoms with Gasteiger partial charge in [-0.1, -0.05) is 12.1 Å². The molecule has 0 atom stereocenters. The monoisotopic (exact) mass is 371 g/mol. The van der Waals surface area contributed by atoms with Crippen molar-refractivity contribution in [2.24, 2.45) is 0 Å². The highest BCUT2D eigenvalue weighted by Gasteiger charge is 2.05. The molecule has 140 valence electrons. The van der Waals surface area contributed by atoms with E-state index in [9.17, 15) is 0 Å². The van der Waals surface area contributed by atoms with Gasteiger partial charge >= 0.3 is 0 Å². The van der Waals surface area contributed by atoms with Gasteiger partial charge < -0.3 is 20.1 Å². The summed E-state index contributed by atoms with van der Waals surface area (Å²) in [6.45, 7) is 0. The second-order valence-electron chi connectivity index (χ2n) is 6.30. The van der Waals surface area contributed by atoms with Crippen LogP contribution in [-0.2, 0) is 0 Å². The molecule has 0 saturated carbocycles. The number of ether oxygens (including phenoxy) is 2. The number of hydrogen-bond acceptors (Lipinski definition) is 5. The van der Waals surface area contributed by atoms with Crippen LogP contribution in [0.3, 0.4) is 0 Å². The Labute approximate surface area is 164 Å². The van der Waals surface area contributed by atoms with Crippen molar-refractivity contribution in [2.75, 3.05) is 24.9 Å². The fraction of sp³-hybridized carbons (Fsp3) is 0.0870. The number of nitrogens with zero attached hydrogens (tertiary/aromatic N) is 1. The summed E-state index contributed by atoms with van der Waals surface area (Å²) < 4.78 is 10.6. The molecule has 2 N–H and O–H groups in total. The van der Waals surface area contributed by atoms with Gasteiger partial charge in [-0.05, 0) is 48.5 Å². The maximum atomic E-state index is 5.30. The Kier molecular flexibility index (Phi) is 4.97. The minimum absolute atomic E-state index is 0.813. The van der Waals surface area contributed by atoms with Crippen LogP contribution < -0.4 is 20.1 Å². The molecular weight excluding hydrogens is 350 g/mol. The van der Waals surface area contributed by atoms with Crippen LogP contribution in [-0.4, -0.2) is 19.2 Å². The molecule has 1 aromatic heterocycles. The summed E-state index contributed by atoms with van der Waals surface area (Å²) in [5, 5.41) is 7.89. The maximum Gasteiger partial charge on any atom is 0.120 e. The van der Waals surface area contributed by atoms with Crippen molar-refractivity contribution in [3.8, 4) is 11.5 Å². The summed E-state index contributed by atoms with van der Waals surface area (Å²) in [5.41, 5.74) is 4.79. The number of nitrogens with one attached hydrogen (secondary N) is 2. The number of hydrogen-bond donors (Lipinski definition) is 2. The highest BCUT2D eigenvalue weighted by Crippen LogP contribution is 2.29. The predicted molar refractivity (Wildman–Crippen MR) is 114 cm³/mol. The first-order chi connectivity index (χ1) is 13.7. The molecule has 0 radical (unpaired) electrons. The summed E-state index contributed by atoms with van der Waals surface area (Å²) in [5.74, 6) is 1.63. The van der Waals surface area contributed by atoms with E-state index in [1.165, 1.54) is 0 Å². The average Bonchev–Trinajstić information content (AvgIpc) is 2.74. The van der Waals surface area contributed by atoms with Gasteiger partial charge in [-0.15, -0.1) is 0 Å². The van der Waals surface area contributed by atoms with E-state index < -0.39 is 0 Å². The van der Waals surface area contributed by atoms with Crippen molar-refractivity contribution in [1.82, 2.24) is 4.98 Å². The van der Waals surface area contributed by atoms with Gasteiger partial charge in [0.15, 0.2) is 0 Å².